The number of piperidine rings is 1. The van der Waals surface area contributed by atoms with Gasteiger partial charge in [-0.1, -0.05) is 18.5 Å². The van der Waals surface area contributed by atoms with Crippen molar-refractivity contribution < 1.29 is 14.4 Å². The summed E-state index contributed by atoms with van der Waals surface area (Å²) in [4.78, 5) is 21.4. The Hall–Kier alpha value is -1.47. The molecule has 1 amide bonds. The second-order valence-electron chi connectivity index (χ2n) is 6.62. The van der Waals surface area contributed by atoms with Gasteiger partial charge in [-0.25, -0.2) is 0 Å². The second-order valence-corrected chi connectivity index (χ2v) is 6.62. The van der Waals surface area contributed by atoms with Crippen LogP contribution in [0.4, 0.5) is 0 Å². The molecule has 1 N–H and O–H groups in total. The SMILES string of the molecule is CCCN1CCCC[C@@H]1C(=O)N1C[C@H](O)C[C@@H]1c1nc(C)no1. The number of hydrogen-bond donors (Lipinski definition) is 1. The maximum atomic E-state index is 13.1. The Bertz CT molecular complexity index is 545. The van der Waals surface area contributed by atoms with Crippen LogP contribution < -0.4 is 0 Å². The Morgan fingerprint density at radius 3 is 2.96 bits per heavy atom. The van der Waals surface area contributed by atoms with Gasteiger partial charge in [0, 0.05) is 13.0 Å². The van der Waals surface area contributed by atoms with Gasteiger partial charge in [0.1, 0.15) is 6.04 Å². The van der Waals surface area contributed by atoms with E-state index < -0.39 is 6.10 Å². The van der Waals surface area contributed by atoms with E-state index in [4.69, 9.17) is 4.52 Å². The van der Waals surface area contributed by atoms with Gasteiger partial charge in [-0.2, -0.15) is 4.98 Å². The molecule has 128 valence electrons. The first-order chi connectivity index (χ1) is 11.1. The number of carbonyl (C=O) groups excluding carboxylic acids is 1. The summed E-state index contributed by atoms with van der Waals surface area (Å²) in [6.45, 7) is 6.16. The highest BCUT2D eigenvalue weighted by Crippen LogP contribution is 2.33. The lowest BCUT2D eigenvalue weighted by Gasteiger charge is -2.37. The molecule has 0 aromatic carbocycles. The number of rotatable bonds is 4. The summed E-state index contributed by atoms with van der Waals surface area (Å²) in [6.07, 6.45) is 4.10. The highest BCUT2D eigenvalue weighted by molar-refractivity contribution is 5.82. The first-order valence-electron chi connectivity index (χ1n) is 8.63. The predicted octanol–water partition coefficient (Wildman–Crippen LogP) is 1.28. The van der Waals surface area contributed by atoms with Crippen LogP contribution in [0, 0.1) is 6.92 Å². The van der Waals surface area contributed by atoms with Crippen LogP contribution in [0.25, 0.3) is 0 Å². The average molecular weight is 322 g/mol. The summed E-state index contributed by atoms with van der Waals surface area (Å²) in [5, 5.41) is 13.9. The van der Waals surface area contributed by atoms with E-state index in [9.17, 15) is 9.90 Å². The van der Waals surface area contributed by atoms with Crippen molar-refractivity contribution in [2.75, 3.05) is 19.6 Å². The summed E-state index contributed by atoms with van der Waals surface area (Å²) in [6, 6.07) is -0.385. The quantitative estimate of drug-likeness (QED) is 0.899. The van der Waals surface area contributed by atoms with E-state index in [2.05, 4.69) is 22.0 Å². The van der Waals surface area contributed by atoms with E-state index in [1.54, 1.807) is 11.8 Å². The summed E-state index contributed by atoms with van der Waals surface area (Å²) < 4.78 is 5.26. The number of carbonyl (C=O) groups is 1. The minimum Gasteiger partial charge on any atom is -0.391 e. The minimum atomic E-state index is -0.528. The van der Waals surface area contributed by atoms with Crippen LogP contribution in [-0.2, 0) is 4.79 Å². The van der Waals surface area contributed by atoms with E-state index >= 15 is 0 Å². The first kappa shape index (κ1) is 16.4. The van der Waals surface area contributed by atoms with E-state index in [-0.39, 0.29) is 18.0 Å². The standard InChI is InChI=1S/C16H26N4O3/c1-3-7-19-8-5-4-6-13(19)16(22)20-10-12(21)9-14(20)15-17-11(2)18-23-15/h12-14,21H,3-10H2,1-2H3/t12-,13-,14-/m1/s1. The molecule has 0 bridgehead atoms. The molecule has 23 heavy (non-hydrogen) atoms. The molecule has 2 aliphatic heterocycles. The first-order valence-corrected chi connectivity index (χ1v) is 8.63. The minimum absolute atomic E-state index is 0.0829. The largest absolute Gasteiger partial charge is 0.391 e. The molecule has 0 unspecified atom stereocenters. The molecular formula is C16H26N4O3. The number of nitrogens with zero attached hydrogens (tertiary/aromatic N) is 4. The molecule has 3 atom stereocenters. The zero-order valence-corrected chi connectivity index (χ0v) is 13.9. The Kier molecular flexibility index (Phi) is 4.96. The summed E-state index contributed by atoms with van der Waals surface area (Å²) in [7, 11) is 0. The van der Waals surface area contributed by atoms with Gasteiger partial charge in [-0.3, -0.25) is 9.69 Å². The van der Waals surface area contributed by atoms with Crippen molar-refractivity contribution in [1.82, 2.24) is 19.9 Å². The molecule has 2 saturated heterocycles. The van der Waals surface area contributed by atoms with Gasteiger partial charge in [0.2, 0.25) is 11.8 Å². The molecule has 0 aliphatic carbocycles. The van der Waals surface area contributed by atoms with Crippen molar-refractivity contribution >= 4 is 5.91 Å². The van der Waals surface area contributed by atoms with Crippen LogP contribution in [0.3, 0.4) is 0 Å². The molecule has 7 nitrogen and oxygen atoms in total. The average Bonchev–Trinajstić information content (AvgIpc) is 3.13. The number of likely N-dealkylation sites (tertiary alicyclic amines) is 2. The number of amides is 1. The number of aliphatic hydroxyl groups excluding tert-OH is 1. The predicted molar refractivity (Wildman–Crippen MR) is 83.6 cm³/mol. The third kappa shape index (κ3) is 3.40. The molecule has 2 aliphatic rings. The monoisotopic (exact) mass is 322 g/mol. The third-order valence-electron chi connectivity index (χ3n) is 4.80. The van der Waals surface area contributed by atoms with Crippen LogP contribution in [0.1, 0.15) is 56.8 Å². The Balaban J connectivity index is 1.78. The number of hydrogen-bond acceptors (Lipinski definition) is 6. The van der Waals surface area contributed by atoms with Gasteiger partial charge in [0.15, 0.2) is 5.82 Å². The van der Waals surface area contributed by atoms with Crippen molar-refractivity contribution in [2.24, 2.45) is 0 Å². The summed E-state index contributed by atoms with van der Waals surface area (Å²) in [5.74, 6) is 1.08. The fourth-order valence-electron chi connectivity index (χ4n) is 3.76. The van der Waals surface area contributed by atoms with Gasteiger partial charge >= 0.3 is 0 Å². The Morgan fingerprint density at radius 2 is 2.26 bits per heavy atom. The number of aryl methyl sites for hydroxylation is 1. The van der Waals surface area contributed by atoms with Crippen molar-refractivity contribution in [3.8, 4) is 0 Å². The lowest BCUT2D eigenvalue weighted by atomic mass is 10.00. The highest BCUT2D eigenvalue weighted by Gasteiger charge is 2.42. The van der Waals surface area contributed by atoms with E-state index in [1.165, 1.54) is 0 Å². The lowest BCUT2D eigenvalue weighted by molar-refractivity contribution is -0.140. The molecule has 1 aromatic heterocycles. The number of β-amino-alcohol motifs (C(OH)–C–C–N with tert-alkyl or cyclic N) is 1. The van der Waals surface area contributed by atoms with Crippen LogP contribution in [0.15, 0.2) is 4.52 Å². The summed E-state index contributed by atoms with van der Waals surface area (Å²) >= 11 is 0. The molecule has 3 heterocycles. The molecule has 0 saturated carbocycles. The van der Waals surface area contributed by atoms with E-state index in [0.717, 1.165) is 38.8 Å². The number of aromatic nitrogens is 2. The van der Waals surface area contributed by atoms with Crippen LogP contribution >= 0.6 is 0 Å². The van der Waals surface area contributed by atoms with Gasteiger partial charge in [0.25, 0.3) is 0 Å². The molecule has 7 heteroatoms. The maximum Gasteiger partial charge on any atom is 0.249 e. The highest BCUT2D eigenvalue weighted by atomic mass is 16.5. The molecule has 3 rings (SSSR count). The Labute approximate surface area is 136 Å². The third-order valence-corrected chi connectivity index (χ3v) is 4.80. The van der Waals surface area contributed by atoms with Crippen molar-refractivity contribution in [3.63, 3.8) is 0 Å². The van der Waals surface area contributed by atoms with Crippen LogP contribution in [0.2, 0.25) is 0 Å². The fourth-order valence-corrected chi connectivity index (χ4v) is 3.76. The van der Waals surface area contributed by atoms with E-state index in [1.807, 2.05) is 0 Å². The molecule has 0 spiro atoms. The lowest BCUT2D eigenvalue weighted by Crippen LogP contribution is -2.51. The zero-order chi connectivity index (χ0) is 16.4. The van der Waals surface area contributed by atoms with Gasteiger partial charge in [-0.15, -0.1) is 0 Å². The Morgan fingerprint density at radius 1 is 1.43 bits per heavy atom. The normalized spacial score (nSPS) is 29.2. The van der Waals surface area contributed by atoms with Crippen molar-refractivity contribution in [2.45, 2.75) is 64.1 Å². The molecule has 1 aromatic rings. The molecular weight excluding hydrogens is 296 g/mol. The van der Waals surface area contributed by atoms with Gasteiger partial charge in [-0.05, 0) is 39.3 Å². The summed E-state index contributed by atoms with van der Waals surface area (Å²) in [5.41, 5.74) is 0. The van der Waals surface area contributed by atoms with Crippen LogP contribution in [-0.4, -0.2) is 62.7 Å². The fraction of sp³-hybridized carbons (Fsp3) is 0.812. The molecule has 2 fully saturated rings. The van der Waals surface area contributed by atoms with Gasteiger partial charge in [0.05, 0.1) is 12.1 Å². The van der Waals surface area contributed by atoms with Crippen molar-refractivity contribution in [1.29, 1.82) is 0 Å². The smallest absolute Gasteiger partial charge is 0.249 e. The number of aliphatic hydroxyl groups is 1. The topological polar surface area (TPSA) is 82.7 Å². The molecule has 0 radical (unpaired) electrons. The van der Waals surface area contributed by atoms with Crippen LogP contribution in [0.5, 0.6) is 0 Å². The second kappa shape index (κ2) is 6.97. The van der Waals surface area contributed by atoms with E-state index in [0.29, 0.717) is 24.7 Å². The van der Waals surface area contributed by atoms with Crippen molar-refractivity contribution in [3.05, 3.63) is 11.7 Å². The van der Waals surface area contributed by atoms with Gasteiger partial charge < -0.3 is 14.5 Å². The zero-order valence-electron chi connectivity index (χ0n) is 13.9. The maximum absolute atomic E-state index is 13.1.